The molecule has 0 aliphatic carbocycles. The molecule has 1 fully saturated rings. The maximum Gasteiger partial charge on any atom is 0.241 e. The van der Waals surface area contributed by atoms with Crippen LogP contribution in [0.5, 0.6) is 0 Å². The van der Waals surface area contributed by atoms with Gasteiger partial charge in [-0.3, -0.25) is 4.79 Å². The molecule has 1 saturated heterocycles. The maximum absolute atomic E-state index is 12.2. The van der Waals surface area contributed by atoms with E-state index in [1.807, 2.05) is 30.3 Å². The van der Waals surface area contributed by atoms with Crippen molar-refractivity contribution >= 4 is 5.91 Å². The van der Waals surface area contributed by atoms with E-state index in [4.69, 9.17) is 5.73 Å². The number of aliphatic hydroxyl groups is 1. The van der Waals surface area contributed by atoms with Gasteiger partial charge in [0.15, 0.2) is 0 Å². The Hall–Kier alpha value is -1.39. The largest absolute Gasteiger partial charge is 0.374 e. The van der Waals surface area contributed by atoms with Crippen LogP contribution in [-0.4, -0.2) is 34.7 Å². The van der Waals surface area contributed by atoms with E-state index in [-0.39, 0.29) is 5.91 Å². The van der Waals surface area contributed by atoms with E-state index in [1.165, 1.54) is 4.90 Å². The monoisotopic (exact) mass is 248 g/mol. The molecule has 1 heterocycles. The number of carbonyl (C=O) groups is 1. The summed E-state index contributed by atoms with van der Waals surface area (Å²) in [6, 6.07) is 9.15. The van der Waals surface area contributed by atoms with E-state index in [2.05, 4.69) is 0 Å². The lowest BCUT2D eigenvalue weighted by Crippen LogP contribution is -2.51. The summed E-state index contributed by atoms with van der Waals surface area (Å²) in [4.78, 5) is 13.7. The molecule has 98 valence electrons. The zero-order valence-electron chi connectivity index (χ0n) is 10.5. The number of carbonyl (C=O) groups excluding carboxylic acids is 1. The Morgan fingerprint density at radius 2 is 2.11 bits per heavy atom. The third kappa shape index (κ3) is 3.09. The summed E-state index contributed by atoms with van der Waals surface area (Å²) in [7, 11) is 0. The van der Waals surface area contributed by atoms with Crippen LogP contribution in [0.3, 0.4) is 0 Å². The minimum absolute atomic E-state index is 0.147. The Labute approximate surface area is 107 Å². The Balaban J connectivity index is 1.96. The van der Waals surface area contributed by atoms with Gasteiger partial charge in [-0.15, -0.1) is 0 Å². The van der Waals surface area contributed by atoms with Crippen molar-refractivity contribution in [1.29, 1.82) is 0 Å². The molecule has 1 aromatic carbocycles. The Bertz CT molecular complexity index is 394. The van der Waals surface area contributed by atoms with Gasteiger partial charge in [0, 0.05) is 6.54 Å². The standard InChI is InChI=1S/C14H20N2O2/c15-12(10-11-6-2-1-3-7-11)14(18)16-9-5-4-8-13(16)17/h1-3,6-7,12-13,17H,4-5,8-10,15H2/t12-,13?/m0/s1. The van der Waals surface area contributed by atoms with Crippen LogP contribution in [0, 0.1) is 0 Å². The number of hydrogen-bond donors (Lipinski definition) is 2. The van der Waals surface area contributed by atoms with Crippen molar-refractivity contribution in [3.8, 4) is 0 Å². The van der Waals surface area contributed by atoms with Gasteiger partial charge in [-0.25, -0.2) is 0 Å². The molecule has 1 amide bonds. The van der Waals surface area contributed by atoms with Gasteiger partial charge in [-0.05, 0) is 31.2 Å². The third-order valence-corrected chi connectivity index (χ3v) is 3.37. The minimum atomic E-state index is -0.659. The second-order valence-electron chi connectivity index (χ2n) is 4.80. The van der Waals surface area contributed by atoms with Crippen molar-refractivity contribution in [2.75, 3.05) is 6.54 Å². The molecule has 1 aliphatic rings. The molecule has 4 heteroatoms. The van der Waals surface area contributed by atoms with Crippen LogP contribution in [0.25, 0.3) is 0 Å². The fourth-order valence-corrected chi connectivity index (χ4v) is 2.34. The van der Waals surface area contributed by atoms with Gasteiger partial charge in [-0.1, -0.05) is 30.3 Å². The molecule has 1 aromatic rings. The topological polar surface area (TPSA) is 66.6 Å². The zero-order chi connectivity index (χ0) is 13.0. The van der Waals surface area contributed by atoms with Crippen LogP contribution < -0.4 is 5.73 Å². The summed E-state index contributed by atoms with van der Waals surface area (Å²) in [6.07, 6.45) is 2.43. The fourth-order valence-electron chi connectivity index (χ4n) is 2.34. The molecule has 4 nitrogen and oxygen atoms in total. The number of nitrogens with two attached hydrogens (primary N) is 1. The van der Waals surface area contributed by atoms with E-state index in [0.29, 0.717) is 19.4 Å². The minimum Gasteiger partial charge on any atom is -0.374 e. The van der Waals surface area contributed by atoms with Crippen LogP contribution in [-0.2, 0) is 11.2 Å². The van der Waals surface area contributed by atoms with Crippen LogP contribution in [0.15, 0.2) is 30.3 Å². The smallest absolute Gasteiger partial charge is 0.241 e. The summed E-state index contributed by atoms with van der Waals surface area (Å²) in [5, 5.41) is 9.80. The first-order chi connectivity index (χ1) is 8.68. The fraction of sp³-hybridized carbons (Fsp3) is 0.500. The molecule has 1 aliphatic heterocycles. The molecular weight excluding hydrogens is 228 g/mol. The van der Waals surface area contributed by atoms with Crippen molar-refractivity contribution < 1.29 is 9.90 Å². The Morgan fingerprint density at radius 1 is 1.39 bits per heavy atom. The maximum atomic E-state index is 12.2. The normalized spacial score (nSPS) is 21.7. The number of amides is 1. The van der Waals surface area contributed by atoms with Crippen LogP contribution in [0.4, 0.5) is 0 Å². The van der Waals surface area contributed by atoms with E-state index >= 15 is 0 Å². The number of aliphatic hydroxyl groups excluding tert-OH is 1. The van der Waals surface area contributed by atoms with Gasteiger partial charge >= 0.3 is 0 Å². The first-order valence-corrected chi connectivity index (χ1v) is 6.46. The van der Waals surface area contributed by atoms with E-state index in [9.17, 15) is 9.90 Å². The molecule has 2 rings (SSSR count). The van der Waals surface area contributed by atoms with Gasteiger partial charge in [0.05, 0.1) is 6.04 Å². The molecule has 0 saturated carbocycles. The lowest BCUT2D eigenvalue weighted by atomic mass is 10.0. The van der Waals surface area contributed by atoms with E-state index < -0.39 is 12.3 Å². The van der Waals surface area contributed by atoms with Crippen molar-refractivity contribution in [3.05, 3.63) is 35.9 Å². The van der Waals surface area contributed by atoms with Gasteiger partial charge in [-0.2, -0.15) is 0 Å². The van der Waals surface area contributed by atoms with Gasteiger partial charge in [0.1, 0.15) is 6.23 Å². The summed E-state index contributed by atoms with van der Waals surface area (Å²) in [6.45, 7) is 0.614. The molecule has 0 radical (unpaired) electrons. The van der Waals surface area contributed by atoms with Crippen LogP contribution >= 0.6 is 0 Å². The molecule has 0 spiro atoms. The number of hydrogen-bond acceptors (Lipinski definition) is 3. The molecule has 3 N–H and O–H groups in total. The van der Waals surface area contributed by atoms with Gasteiger partial charge in [0.25, 0.3) is 0 Å². The SMILES string of the molecule is N[C@@H](Cc1ccccc1)C(=O)N1CCCCC1O. The van der Waals surface area contributed by atoms with Crippen molar-refractivity contribution in [2.24, 2.45) is 5.73 Å². The Kier molecular flexibility index (Phi) is 4.33. The number of rotatable bonds is 3. The molecule has 18 heavy (non-hydrogen) atoms. The summed E-state index contributed by atoms with van der Waals surface area (Å²) in [5.41, 5.74) is 6.99. The lowest BCUT2D eigenvalue weighted by Gasteiger charge is -2.33. The third-order valence-electron chi connectivity index (χ3n) is 3.37. The van der Waals surface area contributed by atoms with Crippen molar-refractivity contribution in [3.63, 3.8) is 0 Å². The Morgan fingerprint density at radius 3 is 2.78 bits per heavy atom. The number of likely N-dealkylation sites (tertiary alicyclic amines) is 1. The van der Waals surface area contributed by atoms with Gasteiger partial charge < -0.3 is 15.7 Å². The van der Waals surface area contributed by atoms with Crippen molar-refractivity contribution in [1.82, 2.24) is 4.90 Å². The van der Waals surface area contributed by atoms with Crippen molar-refractivity contribution in [2.45, 2.75) is 38.0 Å². The summed E-state index contributed by atoms with van der Waals surface area (Å²) in [5.74, 6) is -0.147. The molecular formula is C14H20N2O2. The average molecular weight is 248 g/mol. The highest BCUT2D eigenvalue weighted by Gasteiger charge is 2.28. The number of piperidine rings is 1. The van der Waals surface area contributed by atoms with E-state index in [1.54, 1.807) is 0 Å². The predicted octanol–water partition coefficient (Wildman–Crippen LogP) is 0.887. The molecule has 0 bridgehead atoms. The quantitative estimate of drug-likeness (QED) is 0.834. The highest BCUT2D eigenvalue weighted by Crippen LogP contribution is 2.16. The molecule has 1 unspecified atom stereocenters. The summed E-state index contributed by atoms with van der Waals surface area (Å²) >= 11 is 0. The second-order valence-corrected chi connectivity index (χ2v) is 4.80. The average Bonchev–Trinajstić information content (AvgIpc) is 2.39. The number of nitrogens with zero attached hydrogens (tertiary/aromatic N) is 1. The second kappa shape index (κ2) is 5.98. The van der Waals surface area contributed by atoms with Crippen LogP contribution in [0.1, 0.15) is 24.8 Å². The highest BCUT2D eigenvalue weighted by molar-refractivity contribution is 5.82. The highest BCUT2D eigenvalue weighted by atomic mass is 16.3. The first-order valence-electron chi connectivity index (χ1n) is 6.46. The first kappa shape index (κ1) is 13.1. The molecule has 2 atom stereocenters. The molecule has 0 aromatic heterocycles. The number of benzene rings is 1. The lowest BCUT2D eigenvalue weighted by molar-refractivity contribution is -0.145. The van der Waals surface area contributed by atoms with Crippen LogP contribution in [0.2, 0.25) is 0 Å². The zero-order valence-corrected chi connectivity index (χ0v) is 10.5. The van der Waals surface area contributed by atoms with Gasteiger partial charge in [0.2, 0.25) is 5.91 Å². The predicted molar refractivity (Wildman–Crippen MR) is 69.7 cm³/mol. The summed E-state index contributed by atoms with van der Waals surface area (Å²) < 4.78 is 0. The van der Waals surface area contributed by atoms with E-state index in [0.717, 1.165) is 18.4 Å².